The van der Waals surface area contributed by atoms with Gasteiger partial charge in [-0.2, -0.15) is 0 Å². The lowest BCUT2D eigenvalue weighted by atomic mass is 10.0. The van der Waals surface area contributed by atoms with E-state index in [4.69, 9.17) is 10.3 Å². The van der Waals surface area contributed by atoms with Gasteiger partial charge in [-0.3, -0.25) is 11.3 Å². The van der Waals surface area contributed by atoms with Crippen LogP contribution in [0.5, 0.6) is 0 Å². The zero-order valence-corrected chi connectivity index (χ0v) is 9.33. The smallest absolute Gasteiger partial charge is 0.103 e. The van der Waals surface area contributed by atoms with Crippen molar-refractivity contribution in [3.8, 4) is 0 Å². The largest absolute Gasteiger partial charge is 0.469 e. The van der Waals surface area contributed by atoms with Gasteiger partial charge in [0.1, 0.15) is 5.76 Å². The first-order chi connectivity index (χ1) is 7.22. The van der Waals surface area contributed by atoms with E-state index in [9.17, 15) is 0 Å². The lowest BCUT2D eigenvalue weighted by molar-refractivity contribution is 0.432. The number of hydrazine groups is 1. The van der Waals surface area contributed by atoms with E-state index in [1.807, 2.05) is 19.1 Å². The molecule has 1 rings (SSSR count). The molecule has 1 aromatic heterocycles. The molecule has 1 heterocycles. The Morgan fingerprint density at radius 2 is 2.40 bits per heavy atom. The van der Waals surface area contributed by atoms with Crippen molar-refractivity contribution < 1.29 is 4.42 Å². The van der Waals surface area contributed by atoms with Crippen LogP contribution in [0.15, 0.2) is 35.0 Å². The normalized spacial score (nSPS) is 12.7. The van der Waals surface area contributed by atoms with Crippen LogP contribution < -0.4 is 11.3 Å². The molecule has 0 aromatic carbocycles. The SMILES string of the molecule is C=C(C)CCC(CCc1ccco1)NN. The molecule has 3 N–H and O–H groups in total. The van der Waals surface area contributed by atoms with Crippen molar-refractivity contribution in [2.45, 2.75) is 38.6 Å². The third-order valence-electron chi connectivity index (χ3n) is 2.47. The average Bonchev–Trinajstić information content (AvgIpc) is 2.70. The molecule has 84 valence electrons. The summed E-state index contributed by atoms with van der Waals surface area (Å²) in [6.07, 6.45) is 5.68. The second-order valence-electron chi connectivity index (χ2n) is 3.98. The molecule has 1 atom stereocenters. The van der Waals surface area contributed by atoms with Gasteiger partial charge in [0.25, 0.3) is 0 Å². The van der Waals surface area contributed by atoms with E-state index in [-0.39, 0.29) is 0 Å². The molecule has 0 saturated heterocycles. The third-order valence-corrected chi connectivity index (χ3v) is 2.47. The molecule has 1 unspecified atom stereocenters. The van der Waals surface area contributed by atoms with Crippen molar-refractivity contribution in [2.75, 3.05) is 0 Å². The van der Waals surface area contributed by atoms with Crippen LogP contribution >= 0.6 is 0 Å². The van der Waals surface area contributed by atoms with Gasteiger partial charge in [-0.05, 0) is 38.3 Å². The van der Waals surface area contributed by atoms with Gasteiger partial charge in [0.2, 0.25) is 0 Å². The monoisotopic (exact) mass is 208 g/mol. The van der Waals surface area contributed by atoms with E-state index < -0.39 is 0 Å². The number of hydrogen-bond donors (Lipinski definition) is 2. The van der Waals surface area contributed by atoms with Crippen molar-refractivity contribution >= 4 is 0 Å². The van der Waals surface area contributed by atoms with Crippen molar-refractivity contribution in [1.82, 2.24) is 5.43 Å². The first-order valence-corrected chi connectivity index (χ1v) is 5.35. The zero-order valence-electron chi connectivity index (χ0n) is 9.33. The van der Waals surface area contributed by atoms with Crippen molar-refractivity contribution in [3.05, 3.63) is 36.3 Å². The van der Waals surface area contributed by atoms with Crippen LogP contribution in [0.4, 0.5) is 0 Å². The van der Waals surface area contributed by atoms with Gasteiger partial charge in [-0.15, -0.1) is 6.58 Å². The maximum atomic E-state index is 5.49. The van der Waals surface area contributed by atoms with Gasteiger partial charge in [0.05, 0.1) is 6.26 Å². The highest BCUT2D eigenvalue weighted by Crippen LogP contribution is 2.11. The van der Waals surface area contributed by atoms with Crippen molar-refractivity contribution in [1.29, 1.82) is 0 Å². The first-order valence-electron chi connectivity index (χ1n) is 5.35. The van der Waals surface area contributed by atoms with E-state index in [1.54, 1.807) is 6.26 Å². The molecule has 0 amide bonds. The molecule has 0 aliphatic heterocycles. The van der Waals surface area contributed by atoms with Crippen LogP contribution in [0.3, 0.4) is 0 Å². The lowest BCUT2D eigenvalue weighted by Gasteiger charge is -2.14. The van der Waals surface area contributed by atoms with E-state index in [0.717, 1.165) is 31.4 Å². The number of allylic oxidation sites excluding steroid dienone is 1. The number of aryl methyl sites for hydroxylation is 1. The molecule has 0 saturated carbocycles. The summed E-state index contributed by atoms with van der Waals surface area (Å²) in [5.41, 5.74) is 4.04. The predicted octanol–water partition coefficient (Wildman–Crippen LogP) is 2.40. The minimum atomic E-state index is 0.340. The summed E-state index contributed by atoms with van der Waals surface area (Å²) < 4.78 is 5.27. The minimum Gasteiger partial charge on any atom is -0.469 e. The molecule has 0 radical (unpaired) electrons. The second-order valence-corrected chi connectivity index (χ2v) is 3.98. The molecule has 0 spiro atoms. The molecular formula is C12H20N2O. The van der Waals surface area contributed by atoms with Crippen molar-refractivity contribution in [2.24, 2.45) is 5.84 Å². The number of furan rings is 1. The molecule has 0 aliphatic carbocycles. The number of nitrogens with one attached hydrogen (secondary N) is 1. The average molecular weight is 208 g/mol. The van der Waals surface area contributed by atoms with Gasteiger partial charge in [0, 0.05) is 12.5 Å². The van der Waals surface area contributed by atoms with E-state index in [0.29, 0.717) is 6.04 Å². The Morgan fingerprint density at radius 1 is 1.60 bits per heavy atom. The molecule has 0 fully saturated rings. The number of nitrogens with two attached hydrogens (primary N) is 1. The summed E-state index contributed by atoms with van der Waals surface area (Å²) in [6.45, 7) is 5.93. The fourth-order valence-corrected chi connectivity index (χ4v) is 1.50. The van der Waals surface area contributed by atoms with E-state index >= 15 is 0 Å². The standard InChI is InChI=1S/C12H20N2O/c1-10(2)5-6-11(14-13)7-8-12-4-3-9-15-12/h3-4,9,11,14H,1,5-8,13H2,2H3. The fourth-order valence-electron chi connectivity index (χ4n) is 1.50. The highest BCUT2D eigenvalue weighted by Gasteiger charge is 2.07. The van der Waals surface area contributed by atoms with Gasteiger partial charge >= 0.3 is 0 Å². The maximum absolute atomic E-state index is 5.49. The molecule has 3 nitrogen and oxygen atoms in total. The van der Waals surface area contributed by atoms with Crippen LogP contribution in [-0.2, 0) is 6.42 Å². The molecule has 3 heteroatoms. The highest BCUT2D eigenvalue weighted by molar-refractivity contribution is 4.98. The third kappa shape index (κ3) is 4.81. The summed E-state index contributed by atoms with van der Waals surface area (Å²) in [7, 11) is 0. The Labute approximate surface area is 91.3 Å². The van der Waals surface area contributed by atoms with Gasteiger partial charge in [-0.1, -0.05) is 5.57 Å². The van der Waals surface area contributed by atoms with Crippen LogP contribution in [0, 0.1) is 0 Å². The Bertz CT molecular complexity index is 280. The van der Waals surface area contributed by atoms with E-state index in [2.05, 4.69) is 12.0 Å². The van der Waals surface area contributed by atoms with Crippen LogP contribution in [0.2, 0.25) is 0 Å². The number of rotatable bonds is 7. The molecule has 15 heavy (non-hydrogen) atoms. The Hall–Kier alpha value is -1.06. The summed E-state index contributed by atoms with van der Waals surface area (Å²) in [5.74, 6) is 6.51. The number of hydrogen-bond acceptors (Lipinski definition) is 3. The predicted molar refractivity (Wildman–Crippen MR) is 62.2 cm³/mol. The summed E-state index contributed by atoms with van der Waals surface area (Å²) in [6, 6.07) is 4.24. The molecular weight excluding hydrogens is 188 g/mol. The molecule has 0 aliphatic rings. The van der Waals surface area contributed by atoms with Crippen LogP contribution in [0.25, 0.3) is 0 Å². The molecule has 1 aromatic rings. The van der Waals surface area contributed by atoms with Crippen molar-refractivity contribution in [3.63, 3.8) is 0 Å². The second kappa shape index (κ2) is 6.43. The van der Waals surface area contributed by atoms with E-state index in [1.165, 1.54) is 5.57 Å². The Balaban J connectivity index is 2.24. The van der Waals surface area contributed by atoms with Crippen LogP contribution in [0.1, 0.15) is 31.9 Å². The minimum absolute atomic E-state index is 0.340. The summed E-state index contributed by atoms with van der Waals surface area (Å²) >= 11 is 0. The zero-order chi connectivity index (χ0) is 11.1. The van der Waals surface area contributed by atoms with Gasteiger partial charge in [-0.25, -0.2) is 0 Å². The Morgan fingerprint density at radius 3 is 2.93 bits per heavy atom. The molecule has 0 bridgehead atoms. The first kappa shape index (κ1) is 12.0. The lowest BCUT2D eigenvalue weighted by Crippen LogP contribution is -2.35. The summed E-state index contributed by atoms with van der Waals surface area (Å²) in [5, 5.41) is 0. The summed E-state index contributed by atoms with van der Waals surface area (Å²) in [4.78, 5) is 0. The Kier molecular flexibility index (Phi) is 5.15. The van der Waals surface area contributed by atoms with Gasteiger partial charge in [0.15, 0.2) is 0 Å². The quantitative estimate of drug-likeness (QED) is 0.411. The fraction of sp³-hybridized carbons (Fsp3) is 0.500. The maximum Gasteiger partial charge on any atom is 0.103 e. The topological polar surface area (TPSA) is 51.2 Å². The van der Waals surface area contributed by atoms with Gasteiger partial charge < -0.3 is 4.42 Å². The highest BCUT2D eigenvalue weighted by atomic mass is 16.3. The van der Waals surface area contributed by atoms with Crippen LogP contribution in [-0.4, -0.2) is 6.04 Å².